The molecule has 1 aliphatic heterocycles. The predicted octanol–water partition coefficient (Wildman–Crippen LogP) is -19.6. The molecule has 0 aromatic heterocycles. The Morgan fingerprint density at radius 3 is 0.353 bits per heavy atom. The summed E-state index contributed by atoms with van der Waals surface area (Å²) < 4.78 is 32.0. The van der Waals surface area contributed by atoms with Crippen molar-refractivity contribution in [2.45, 2.75) is 0 Å². The number of ether oxygens (including phenoxy) is 6. The van der Waals surface area contributed by atoms with E-state index in [0.29, 0.717) is 79.3 Å². The molecule has 0 saturated carbocycles. The van der Waals surface area contributed by atoms with Gasteiger partial charge in [-0.25, -0.2) is 0 Å². The number of rotatable bonds is 0. The zero-order valence-electron chi connectivity index (χ0n) is 18.9. The van der Waals surface area contributed by atoms with Gasteiger partial charge in [-0.15, -0.1) is 0 Å². The maximum absolute atomic E-state index is 5.33. The van der Waals surface area contributed by atoms with Crippen molar-refractivity contribution >= 4 is 0 Å². The molecule has 22 heteroatoms. The second-order valence-electron chi connectivity index (χ2n) is 3.67. The maximum atomic E-state index is 5.33. The summed E-state index contributed by atoms with van der Waals surface area (Å²) >= 11 is 0. The average Bonchev–Trinajstić information content (AvgIpc) is 2.39. The van der Waals surface area contributed by atoms with Gasteiger partial charge in [0.25, 0.3) is 0 Å². The van der Waals surface area contributed by atoms with Crippen molar-refractivity contribution in [3.63, 3.8) is 0 Å². The van der Waals surface area contributed by atoms with Gasteiger partial charge in [0.15, 0.2) is 0 Å². The molecule has 0 radical (unpaired) electrons. The summed E-state index contributed by atoms with van der Waals surface area (Å²) in [5, 5.41) is 0. The van der Waals surface area contributed by atoms with Gasteiger partial charge in [0.1, 0.15) is 0 Å². The molecule has 1 aliphatic rings. The van der Waals surface area contributed by atoms with Crippen LogP contribution in [0.2, 0.25) is 0 Å². The van der Waals surface area contributed by atoms with Crippen LogP contribution in [0.15, 0.2) is 0 Å². The Morgan fingerprint density at radius 1 is 0.235 bits per heavy atom. The zero-order chi connectivity index (χ0) is 12.7. The van der Waals surface area contributed by atoms with Crippen LogP contribution in [0.1, 0.15) is 0 Å². The molecule has 0 amide bonds. The minimum Gasteiger partial charge on any atom is -1.00 e. The van der Waals surface area contributed by atoms with Gasteiger partial charge in [-0.1, -0.05) is 0 Å². The van der Waals surface area contributed by atoms with Gasteiger partial charge in [-0.2, -0.15) is 0 Å². The summed E-state index contributed by atoms with van der Waals surface area (Å²) in [6.07, 6.45) is 0. The standard InChI is InChI=1S/C12H24O6.3ClH.Lu.12H2O/c1-2-14-5-6-16-9-10-18-12-11-17-8-7-15-4-3-13-1;;;;;;;;;;;;;;;;/h1-12H2;3*1H;;12*1H2/q;;;;+3;;;;;;;;;;;;/p+5. The Kier molecular flexibility index (Phi) is 334. The molecule has 0 atom stereocenters. The molecule has 1 heterocycles. The minimum atomic E-state index is 0. The van der Waals surface area contributed by atoms with Crippen molar-refractivity contribution in [3.8, 4) is 0 Å². The molecule has 34 heavy (non-hydrogen) atoms. The molecule has 240 valence electrons. The third kappa shape index (κ3) is 93.2. The molecule has 0 unspecified atom stereocenters. The third-order valence-corrected chi connectivity index (χ3v) is 2.23. The van der Waals surface area contributed by atoms with Crippen molar-refractivity contribution in [1.29, 1.82) is 0 Å². The molecule has 32 N–H and O–H groups in total. The Hall–Kier alpha value is 1.38. The quantitative estimate of drug-likeness (QED) is 0.215. The van der Waals surface area contributed by atoms with Crippen molar-refractivity contribution in [1.82, 2.24) is 0 Å². The second-order valence-corrected chi connectivity index (χ2v) is 3.67. The molecule has 1 fully saturated rings. The first-order valence-electron chi connectivity index (χ1n) is 6.46. The minimum absolute atomic E-state index is 0. The van der Waals surface area contributed by atoms with Crippen LogP contribution in [-0.4, -0.2) is 101 Å². The predicted molar refractivity (Wildman–Crippen MR) is 118 cm³/mol. The smallest absolute Gasteiger partial charge is 1.00 e. The summed E-state index contributed by atoms with van der Waals surface area (Å²) in [7, 11) is 0. The van der Waals surface area contributed by atoms with E-state index in [2.05, 4.69) is 0 Å². The van der Waals surface area contributed by atoms with Crippen molar-refractivity contribution in [2.75, 3.05) is 79.3 Å². The van der Waals surface area contributed by atoms with Crippen molar-refractivity contribution in [3.05, 3.63) is 0 Å². The van der Waals surface area contributed by atoms with E-state index in [1.54, 1.807) is 0 Å². The maximum Gasteiger partial charge on any atom is 3.00 e. The SMILES string of the molecule is C1COCCOCCOCCOCCOCCO1.O.O.O.O.[Cl-].[Cl-].[Cl-].[Lu+3].[OH3+].[OH3+].[OH3+].[OH3+].[OH3+].[OH3+].[OH3+].[OH3+]. The number of halogens is 3. The van der Waals surface area contributed by atoms with E-state index in [9.17, 15) is 0 Å². The van der Waals surface area contributed by atoms with E-state index in [-0.39, 0.29) is 140 Å². The van der Waals surface area contributed by atoms with E-state index in [0.717, 1.165) is 0 Å². The van der Waals surface area contributed by atoms with Gasteiger partial charge in [0.2, 0.25) is 0 Å². The Labute approximate surface area is 246 Å². The molecule has 0 aliphatic carbocycles. The van der Waals surface area contributed by atoms with Crippen molar-refractivity contribution in [2.24, 2.45) is 0 Å². The largest absolute Gasteiger partial charge is 3.00 e. The summed E-state index contributed by atoms with van der Waals surface area (Å²) in [5.41, 5.74) is 0. The fourth-order valence-electron chi connectivity index (χ4n) is 1.32. The average molecular weight is 770 g/mol. The first kappa shape index (κ1) is 111. The van der Waals surface area contributed by atoms with Gasteiger partial charge in [0.05, 0.1) is 79.3 Å². The summed E-state index contributed by atoms with van der Waals surface area (Å²) in [5.74, 6) is 0. The fraction of sp³-hybridized carbons (Fsp3) is 1.00. The van der Waals surface area contributed by atoms with Gasteiger partial charge in [-0.05, 0) is 0 Å². The summed E-state index contributed by atoms with van der Waals surface area (Å²) in [4.78, 5) is 0. The molecular formula is C12H56Cl3LuO18+8. The van der Waals surface area contributed by atoms with E-state index >= 15 is 0 Å². The van der Waals surface area contributed by atoms with Crippen LogP contribution in [0.5, 0.6) is 0 Å². The number of hydrogen-bond acceptors (Lipinski definition) is 6. The Morgan fingerprint density at radius 2 is 0.294 bits per heavy atom. The topological polar surface area (TPSA) is 445 Å². The van der Waals surface area contributed by atoms with Gasteiger partial charge in [-0.3, -0.25) is 0 Å². The molecule has 0 aromatic rings. The first-order chi connectivity index (χ1) is 9.00. The molecule has 1 rings (SSSR count). The van der Waals surface area contributed by atoms with Crippen LogP contribution in [0, 0.1) is 36.9 Å². The van der Waals surface area contributed by atoms with Crippen LogP contribution in [0.4, 0.5) is 0 Å². The zero-order valence-corrected chi connectivity index (χ0v) is 22.9. The van der Waals surface area contributed by atoms with Crippen LogP contribution in [0.25, 0.3) is 0 Å². The van der Waals surface area contributed by atoms with Gasteiger partial charge < -0.3 is 131 Å². The van der Waals surface area contributed by atoms with E-state index in [1.165, 1.54) is 0 Å². The molecule has 0 aromatic carbocycles. The van der Waals surface area contributed by atoms with Crippen LogP contribution < -0.4 is 37.2 Å². The van der Waals surface area contributed by atoms with E-state index in [1.807, 2.05) is 0 Å². The Balaban J connectivity index is -0.0000000145. The van der Waals surface area contributed by atoms with Crippen LogP contribution in [0.3, 0.4) is 0 Å². The normalized spacial score (nSPS) is 12.7. The summed E-state index contributed by atoms with van der Waals surface area (Å²) in [6.45, 7) is 7.04. The number of hydrogen-bond donors (Lipinski definition) is 0. The Bertz CT molecular complexity index is 125. The van der Waals surface area contributed by atoms with Gasteiger partial charge >= 0.3 is 36.9 Å². The second kappa shape index (κ2) is 102. The third-order valence-electron chi connectivity index (χ3n) is 2.23. The van der Waals surface area contributed by atoms with Crippen LogP contribution in [-0.2, 0) is 72.2 Å². The molecule has 0 bridgehead atoms. The van der Waals surface area contributed by atoms with Gasteiger partial charge in [0, 0.05) is 0 Å². The molecule has 18 nitrogen and oxygen atoms in total. The molecular weight excluding hydrogens is 713 g/mol. The van der Waals surface area contributed by atoms with E-state index < -0.39 is 0 Å². The van der Waals surface area contributed by atoms with Crippen molar-refractivity contribution < 1.29 is 168 Å². The van der Waals surface area contributed by atoms with Crippen LogP contribution >= 0.6 is 0 Å². The molecule has 0 spiro atoms. The fourth-order valence-corrected chi connectivity index (χ4v) is 1.32. The summed E-state index contributed by atoms with van der Waals surface area (Å²) in [6, 6.07) is 0. The van der Waals surface area contributed by atoms with E-state index in [4.69, 9.17) is 28.4 Å². The first-order valence-corrected chi connectivity index (χ1v) is 6.46. The molecule has 1 saturated heterocycles. The monoisotopic (exact) mass is 768 g/mol.